The van der Waals surface area contributed by atoms with Crippen molar-refractivity contribution in [3.05, 3.63) is 48.5 Å². The Morgan fingerprint density at radius 3 is 2.69 bits per heavy atom. The van der Waals surface area contributed by atoms with Crippen LogP contribution in [0.3, 0.4) is 0 Å². The van der Waals surface area contributed by atoms with Gasteiger partial charge in [0.15, 0.2) is 0 Å². The fourth-order valence-electron chi connectivity index (χ4n) is 2.92. The molecule has 3 rings (SSSR count). The van der Waals surface area contributed by atoms with Gasteiger partial charge in [-0.2, -0.15) is 0 Å². The summed E-state index contributed by atoms with van der Waals surface area (Å²) in [5, 5.41) is 6.17. The van der Waals surface area contributed by atoms with E-state index in [2.05, 4.69) is 27.7 Å². The predicted octanol–water partition coefficient (Wildman–Crippen LogP) is 2.97. The maximum atomic E-state index is 12.5. The molecular formula is C20H25N3O3. The largest absolute Gasteiger partial charge is 0.495 e. The molecule has 6 nitrogen and oxygen atoms in total. The standard InChI is InChI=1S/C20H25N3O3/c1-15(20(24)22-18-8-3-4-9-19(18)25-2)21-16-6-5-7-17(14-16)23-10-12-26-13-11-23/h3-9,14-15,21H,10-13H2,1-2H3,(H,22,24). The van der Waals surface area contributed by atoms with Crippen molar-refractivity contribution in [1.29, 1.82) is 0 Å². The van der Waals surface area contributed by atoms with Crippen molar-refractivity contribution < 1.29 is 14.3 Å². The van der Waals surface area contributed by atoms with Crippen molar-refractivity contribution in [1.82, 2.24) is 0 Å². The van der Waals surface area contributed by atoms with Crippen LogP contribution in [0.5, 0.6) is 5.75 Å². The fourth-order valence-corrected chi connectivity index (χ4v) is 2.92. The molecule has 6 heteroatoms. The number of amides is 1. The van der Waals surface area contributed by atoms with Gasteiger partial charge in [-0.25, -0.2) is 0 Å². The van der Waals surface area contributed by atoms with Gasteiger partial charge in [-0.3, -0.25) is 4.79 Å². The third-order valence-electron chi connectivity index (χ3n) is 4.36. The third kappa shape index (κ3) is 4.46. The van der Waals surface area contributed by atoms with Crippen molar-refractivity contribution in [2.24, 2.45) is 0 Å². The van der Waals surface area contributed by atoms with Crippen LogP contribution < -0.4 is 20.3 Å². The lowest BCUT2D eigenvalue weighted by Gasteiger charge is -2.29. The number of ether oxygens (including phenoxy) is 2. The molecule has 1 atom stereocenters. The number of hydrogen-bond donors (Lipinski definition) is 2. The van der Waals surface area contributed by atoms with Crippen LogP contribution in [0.4, 0.5) is 17.1 Å². The molecule has 1 aliphatic heterocycles. The number of anilines is 3. The van der Waals surface area contributed by atoms with Gasteiger partial charge in [0.05, 0.1) is 26.0 Å². The van der Waals surface area contributed by atoms with E-state index in [1.807, 2.05) is 43.3 Å². The summed E-state index contributed by atoms with van der Waals surface area (Å²) in [6.07, 6.45) is 0. The van der Waals surface area contributed by atoms with Crippen LogP contribution in [-0.2, 0) is 9.53 Å². The van der Waals surface area contributed by atoms with Crippen LogP contribution in [0.2, 0.25) is 0 Å². The number of rotatable bonds is 6. The molecule has 0 radical (unpaired) electrons. The van der Waals surface area contributed by atoms with E-state index in [-0.39, 0.29) is 11.9 Å². The average molecular weight is 355 g/mol. The van der Waals surface area contributed by atoms with Crippen molar-refractivity contribution in [2.75, 3.05) is 48.9 Å². The summed E-state index contributed by atoms with van der Waals surface area (Å²) in [5.74, 6) is 0.522. The van der Waals surface area contributed by atoms with E-state index in [1.54, 1.807) is 7.11 Å². The minimum Gasteiger partial charge on any atom is -0.495 e. The van der Waals surface area contributed by atoms with Crippen molar-refractivity contribution in [2.45, 2.75) is 13.0 Å². The van der Waals surface area contributed by atoms with Crippen molar-refractivity contribution >= 4 is 23.0 Å². The molecule has 1 heterocycles. The van der Waals surface area contributed by atoms with Gasteiger partial charge in [0.1, 0.15) is 11.8 Å². The molecule has 0 bridgehead atoms. The summed E-state index contributed by atoms with van der Waals surface area (Å²) >= 11 is 0. The van der Waals surface area contributed by atoms with Crippen LogP contribution in [-0.4, -0.2) is 45.4 Å². The first-order chi connectivity index (χ1) is 12.7. The van der Waals surface area contributed by atoms with Crippen LogP contribution in [0.1, 0.15) is 6.92 Å². The molecule has 26 heavy (non-hydrogen) atoms. The minimum absolute atomic E-state index is 0.119. The number of nitrogens with one attached hydrogen (secondary N) is 2. The summed E-state index contributed by atoms with van der Waals surface area (Å²) in [4.78, 5) is 14.8. The first-order valence-electron chi connectivity index (χ1n) is 8.80. The molecule has 138 valence electrons. The summed E-state index contributed by atoms with van der Waals surface area (Å²) in [7, 11) is 1.59. The maximum absolute atomic E-state index is 12.5. The monoisotopic (exact) mass is 355 g/mol. The van der Waals surface area contributed by atoms with E-state index in [0.29, 0.717) is 11.4 Å². The van der Waals surface area contributed by atoms with Gasteiger partial charge in [0.2, 0.25) is 5.91 Å². The Kier molecular flexibility index (Phi) is 5.96. The Morgan fingerprint density at radius 2 is 1.92 bits per heavy atom. The van der Waals surface area contributed by atoms with Gasteiger partial charge in [-0.05, 0) is 37.3 Å². The lowest BCUT2D eigenvalue weighted by atomic mass is 10.2. The number of carbonyl (C=O) groups excluding carboxylic acids is 1. The number of nitrogens with zero attached hydrogens (tertiary/aromatic N) is 1. The Morgan fingerprint density at radius 1 is 1.15 bits per heavy atom. The smallest absolute Gasteiger partial charge is 0.246 e. The predicted molar refractivity (Wildman–Crippen MR) is 104 cm³/mol. The van der Waals surface area contributed by atoms with E-state index in [4.69, 9.17) is 9.47 Å². The summed E-state index contributed by atoms with van der Waals surface area (Å²) < 4.78 is 10.7. The molecular weight excluding hydrogens is 330 g/mol. The van der Waals surface area contributed by atoms with Gasteiger partial charge in [-0.15, -0.1) is 0 Å². The van der Waals surface area contributed by atoms with Gasteiger partial charge >= 0.3 is 0 Å². The van der Waals surface area contributed by atoms with E-state index >= 15 is 0 Å². The quantitative estimate of drug-likeness (QED) is 0.834. The van der Waals surface area contributed by atoms with Gasteiger partial charge in [0, 0.05) is 24.5 Å². The normalized spacial score (nSPS) is 15.2. The highest BCUT2D eigenvalue weighted by Gasteiger charge is 2.16. The van der Waals surface area contributed by atoms with Crippen LogP contribution in [0, 0.1) is 0 Å². The number of para-hydroxylation sites is 2. The lowest BCUT2D eigenvalue weighted by molar-refractivity contribution is -0.116. The zero-order chi connectivity index (χ0) is 18.4. The van der Waals surface area contributed by atoms with Crippen molar-refractivity contribution in [3.63, 3.8) is 0 Å². The zero-order valence-electron chi connectivity index (χ0n) is 15.2. The lowest BCUT2D eigenvalue weighted by Crippen LogP contribution is -2.36. The Hall–Kier alpha value is -2.73. The molecule has 1 fully saturated rings. The molecule has 0 saturated carbocycles. The number of hydrogen-bond acceptors (Lipinski definition) is 5. The summed E-state index contributed by atoms with van der Waals surface area (Å²) in [6, 6.07) is 15.1. The first-order valence-corrected chi connectivity index (χ1v) is 8.80. The average Bonchev–Trinajstić information content (AvgIpc) is 2.69. The molecule has 1 saturated heterocycles. The number of benzene rings is 2. The van der Waals surface area contributed by atoms with Gasteiger partial charge in [0.25, 0.3) is 0 Å². The topological polar surface area (TPSA) is 62.8 Å². The van der Waals surface area contributed by atoms with E-state index < -0.39 is 0 Å². The highest BCUT2D eigenvalue weighted by molar-refractivity contribution is 5.97. The molecule has 1 amide bonds. The Bertz CT molecular complexity index is 745. The highest BCUT2D eigenvalue weighted by atomic mass is 16.5. The second-order valence-electron chi connectivity index (χ2n) is 6.21. The minimum atomic E-state index is -0.389. The van der Waals surface area contributed by atoms with E-state index in [1.165, 1.54) is 0 Å². The highest BCUT2D eigenvalue weighted by Crippen LogP contribution is 2.24. The molecule has 0 aliphatic carbocycles. The van der Waals surface area contributed by atoms with Crippen LogP contribution >= 0.6 is 0 Å². The number of morpholine rings is 1. The fraction of sp³-hybridized carbons (Fsp3) is 0.350. The number of carbonyl (C=O) groups is 1. The molecule has 2 aromatic carbocycles. The third-order valence-corrected chi connectivity index (χ3v) is 4.36. The SMILES string of the molecule is COc1ccccc1NC(=O)C(C)Nc1cccc(N2CCOCC2)c1. The molecule has 1 unspecified atom stereocenters. The summed E-state index contributed by atoms with van der Waals surface area (Å²) in [5.41, 5.74) is 2.71. The molecule has 0 aromatic heterocycles. The molecule has 0 spiro atoms. The number of methoxy groups -OCH3 is 1. The molecule has 2 aromatic rings. The second kappa shape index (κ2) is 8.58. The van der Waals surface area contributed by atoms with Crippen LogP contribution in [0.25, 0.3) is 0 Å². The molecule has 2 N–H and O–H groups in total. The summed E-state index contributed by atoms with van der Waals surface area (Å²) in [6.45, 7) is 5.09. The van der Waals surface area contributed by atoms with Gasteiger partial charge in [-0.1, -0.05) is 18.2 Å². The zero-order valence-corrected chi connectivity index (χ0v) is 15.2. The second-order valence-corrected chi connectivity index (χ2v) is 6.21. The van der Waals surface area contributed by atoms with Crippen LogP contribution in [0.15, 0.2) is 48.5 Å². The Balaban J connectivity index is 1.63. The molecule has 1 aliphatic rings. The Labute approximate surface area is 154 Å². The van der Waals surface area contributed by atoms with Crippen molar-refractivity contribution in [3.8, 4) is 5.75 Å². The maximum Gasteiger partial charge on any atom is 0.246 e. The van der Waals surface area contributed by atoms with E-state index in [9.17, 15) is 4.79 Å². The van der Waals surface area contributed by atoms with E-state index in [0.717, 1.165) is 37.7 Å². The first kappa shape index (κ1) is 18.1. The van der Waals surface area contributed by atoms with Gasteiger partial charge < -0.3 is 25.0 Å².